The van der Waals surface area contributed by atoms with Crippen LogP contribution in [0.1, 0.15) is 30.4 Å². The third-order valence-electron chi connectivity index (χ3n) is 4.94. The average Bonchev–Trinajstić information content (AvgIpc) is 2.97. The van der Waals surface area contributed by atoms with Gasteiger partial charge >= 0.3 is 0 Å². The van der Waals surface area contributed by atoms with E-state index in [0.717, 1.165) is 31.7 Å². The first kappa shape index (κ1) is 16.3. The second kappa shape index (κ2) is 6.89. The van der Waals surface area contributed by atoms with E-state index in [2.05, 4.69) is 31.3 Å². The van der Waals surface area contributed by atoms with E-state index in [9.17, 15) is 9.90 Å². The number of aryl methyl sites for hydroxylation is 2. The van der Waals surface area contributed by atoms with Gasteiger partial charge in [-0.05, 0) is 43.5 Å². The Kier molecular flexibility index (Phi) is 4.87. The van der Waals surface area contributed by atoms with Crippen LogP contribution in [-0.4, -0.2) is 53.8 Å². The lowest BCUT2D eigenvalue weighted by atomic mass is 10.1. The summed E-state index contributed by atoms with van der Waals surface area (Å²) in [6, 6.07) is 5.96. The van der Waals surface area contributed by atoms with Crippen LogP contribution in [0.2, 0.25) is 0 Å². The largest absolute Gasteiger partial charge is 0.490 e. The van der Waals surface area contributed by atoms with E-state index in [1.54, 1.807) is 0 Å². The molecule has 0 unspecified atom stereocenters. The predicted octanol–water partition coefficient (Wildman–Crippen LogP) is 1.40. The Morgan fingerprint density at radius 1 is 1.26 bits per heavy atom. The van der Waals surface area contributed by atoms with E-state index >= 15 is 0 Å². The second-order valence-electron chi connectivity index (χ2n) is 6.74. The van der Waals surface area contributed by atoms with E-state index < -0.39 is 6.10 Å². The highest BCUT2D eigenvalue weighted by Crippen LogP contribution is 2.22. The van der Waals surface area contributed by atoms with Gasteiger partial charge in [0.1, 0.15) is 11.9 Å². The number of likely N-dealkylation sites (tertiary alicyclic amines) is 1. The summed E-state index contributed by atoms with van der Waals surface area (Å²) in [5.41, 5.74) is 2.50. The lowest BCUT2D eigenvalue weighted by molar-refractivity contribution is -0.135. The summed E-state index contributed by atoms with van der Waals surface area (Å²) in [5.74, 6) is 1.03. The number of β-amino-alcohol motifs (C(OH)–C–C–N with tert-alkyl or cyclic N) is 1. The summed E-state index contributed by atoms with van der Waals surface area (Å²) >= 11 is 0. The van der Waals surface area contributed by atoms with Crippen LogP contribution in [0.25, 0.3) is 0 Å². The summed E-state index contributed by atoms with van der Waals surface area (Å²) in [7, 11) is 0. The number of ether oxygens (including phenoxy) is 1. The van der Waals surface area contributed by atoms with E-state index in [4.69, 9.17) is 4.74 Å². The fourth-order valence-electron chi connectivity index (χ4n) is 3.30. The van der Waals surface area contributed by atoms with Gasteiger partial charge in [0.25, 0.3) is 0 Å². The monoisotopic (exact) mass is 318 g/mol. The smallest absolute Gasteiger partial charge is 0.239 e. The normalized spacial score (nSPS) is 25.6. The van der Waals surface area contributed by atoms with Crippen molar-refractivity contribution in [1.29, 1.82) is 0 Å². The molecular formula is C18H26N2O3. The molecule has 0 bridgehead atoms. The van der Waals surface area contributed by atoms with Crippen LogP contribution in [0, 0.1) is 13.8 Å². The molecule has 0 spiro atoms. The zero-order valence-corrected chi connectivity index (χ0v) is 13.9. The molecule has 2 fully saturated rings. The molecule has 2 N–H and O–H groups in total. The first-order valence-corrected chi connectivity index (χ1v) is 8.47. The molecule has 23 heavy (non-hydrogen) atoms. The van der Waals surface area contributed by atoms with Crippen molar-refractivity contribution < 1.29 is 14.6 Å². The molecule has 0 radical (unpaired) electrons. The van der Waals surface area contributed by atoms with Gasteiger partial charge in [0, 0.05) is 32.5 Å². The van der Waals surface area contributed by atoms with Gasteiger partial charge in [-0.1, -0.05) is 6.07 Å². The second-order valence-corrected chi connectivity index (χ2v) is 6.74. The Morgan fingerprint density at radius 3 is 2.61 bits per heavy atom. The summed E-state index contributed by atoms with van der Waals surface area (Å²) in [6.07, 6.45) is 2.01. The van der Waals surface area contributed by atoms with Crippen molar-refractivity contribution in [3.8, 4) is 5.75 Å². The number of carbonyl (C=O) groups is 1. The number of aliphatic hydroxyl groups excluding tert-OH is 1. The molecular weight excluding hydrogens is 292 g/mol. The summed E-state index contributed by atoms with van der Waals surface area (Å²) < 4.78 is 6.07. The van der Waals surface area contributed by atoms with Gasteiger partial charge in [0.05, 0.1) is 12.1 Å². The molecule has 0 saturated carbocycles. The van der Waals surface area contributed by atoms with Gasteiger partial charge in [-0.15, -0.1) is 0 Å². The van der Waals surface area contributed by atoms with E-state index in [1.807, 2.05) is 11.0 Å². The standard InChI is InChI=1S/C18H26N2O3/c1-12-3-4-16(9-13(12)2)23-15-5-7-20(8-6-15)18(22)17-10-14(21)11-19-17/h3-4,9,14-15,17,19,21H,5-8,10-11H2,1-2H3/t14-,17-/m1/s1. The van der Waals surface area contributed by atoms with Crippen molar-refractivity contribution in [3.63, 3.8) is 0 Å². The molecule has 0 aliphatic carbocycles. The van der Waals surface area contributed by atoms with Crippen LogP contribution in [0.15, 0.2) is 18.2 Å². The molecule has 0 aromatic heterocycles. The van der Waals surface area contributed by atoms with Crippen LogP contribution < -0.4 is 10.1 Å². The third-order valence-corrected chi connectivity index (χ3v) is 4.94. The molecule has 1 aromatic rings. The highest BCUT2D eigenvalue weighted by Gasteiger charge is 2.33. The van der Waals surface area contributed by atoms with Crippen LogP contribution in [0.4, 0.5) is 0 Å². The third kappa shape index (κ3) is 3.85. The van der Waals surface area contributed by atoms with Gasteiger partial charge in [-0.25, -0.2) is 0 Å². The summed E-state index contributed by atoms with van der Waals surface area (Å²) in [5, 5.41) is 12.6. The Balaban J connectivity index is 1.50. The Bertz CT molecular complexity index is 567. The van der Waals surface area contributed by atoms with Gasteiger partial charge in [-0.3, -0.25) is 4.79 Å². The van der Waals surface area contributed by atoms with Crippen molar-refractivity contribution in [3.05, 3.63) is 29.3 Å². The number of nitrogens with one attached hydrogen (secondary N) is 1. The number of amides is 1. The molecule has 2 aliphatic heterocycles. The minimum Gasteiger partial charge on any atom is -0.490 e. The number of piperidine rings is 1. The van der Waals surface area contributed by atoms with Crippen molar-refractivity contribution in [1.82, 2.24) is 10.2 Å². The highest BCUT2D eigenvalue weighted by molar-refractivity contribution is 5.82. The lowest BCUT2D eigenvalue weighted by Gasteiger charge is -2.33. The number of hydrogen-bond acceptors (Lipinski definition) is 4. The number of benzene rings is 1. The number of rotatable bonds is 3. The Labute approximate surface area is 137 Å². The fraction of sp³-hybridized carbons (Fsp3) is 0.611. The Hall–Kier alpha value is -1.59. The van der Waals surface area contributed by atoms with Crippen molar-refractivity contribution in [2.45, 2.75) is 51.4 Å². The van der Waals surface area contributed by atoms with Gasteiger partial charge in [0.2, 0.25) is 5.91 Å². The molecule has 2 heterocycles. The van der Waals surface area contributed by atoms with Crippen LogP contribution in [-0.2, 0) is 4.79 Å². The molecule has 2 saturated heterocycles. The van der Waals surface area contributed by atoms with Crippen LogP contribution >= 0.6 is 0 Å². The predicted molar refractivity (Wildman–Crippen MR) is 88.6 cm³/mol. The first-order chi connectivity index (χ1) is 11.0. The van der Waals surface area contributed by atoms with E-state index in [1.165, 1.54) is 11.1 Å². The van der Waals surface area contributed by atoms with Crippen LogP contribution in [0.5, 0.6) is 5.75 Å². The molecule has 2 atom stereocenters. The molecule has 1 aromatic carbocycles. The van der Waals surface area contributed by atoms with E-state index in [0.29, 0.717) is 13.0 Å². The van der Waals surface area contributed by atoms with Crippen molar-refractivity contribution in [2.75, 3.05) is 19.6 Å². The molecule has 1 amide bonds. The maximum Gasteiger partial charge on any atom is 0.239 e. The Morgan fingerprint density at radius 2 is 2.00 bits per heavy atom. The molecule has 2 aliphatic rings. The zero-order chi connectivity index (χ0) is 16.4. The lowest BCUT2D eigenvalue weighted by Crippen LogP contribution is -2.48. The summed E-state index contributed by atoms with van der Waals surface area (Å²) in [6.45, 7) is 6.15. The maximum absolute atomic E-state index is 12.4. The number of hydrogen-bond donors (Lipinski definition) is 2. The van der Waals surface area contributed by atoms with Crippen LogP contribution in [0.3, 0.4) is 0 Å². The topological polar surface area (TPSA) is 61.8 Å². The zero-order valence-electron chi connectivity index (χ0n) is 13.9. The number of aliphatic hydroxyl groups is 1. The molecule has 5 nitrogen and oxygen atoms in total. The van der Waals surface area contributed by atoms with Gasteiger partial charge in [-0.2, -0.15) is 0 Å². The SMILES string of the molecule is Cc1ccc(OC2CCN(C(=O)[C@H]3C[C@@H](O)CN3)CC2)cc1C. The molecule has 126 valence electrons. The minimum atomic E-state index is -0.394. The van der Waals surface area contributed by atoms with E-state index in [-0.39, 0.29) is 18.1 Å². The fourth-order valence-corrected chi connectivity index (χ4v) is 3.30. The van der Waals surface area contributed by atoms with Crippen molar-refractivity contribution >= 4 is 5.91 Å². The average molecular weight is 318 g/mol. The molecule has 3 rings (SSSR count). The summed E-state index contributed by atoms with van der Waals surface area (Å²) in [4.78, 5) is 14.3. The highest BCUT2D eigenvalue weighted by atomic mass is 16.5. The molecule has 5 heteroatoms. The number of nitrogens with zero attached hydrogens (tertiary/aromatic N) is 1. The van der Waals surface area contributed by atoms with Gasteiger partial charge in [0.15, 0.2) is 0 Å². The quantitative estimate of drug-likeness (QED) is 0.884. The van der Waals surface area contributed by atoms with Crippen molar-refractivity contribution in [2.24, 2.45) is 0 Å². The van der Waals surface area contributed by atoms with Gasteiger partial charge < -0.3 is 20.1 Å². The number of carbonyl (C=O) groups excluding carboxylic acids is 1. The first-order valence-electron chi connectivity index (χ1n) is 8.47. The minimum absolute atomic E-state index is 0.117. The maximum atomic E-state index is 12.4.